The number of anilines is 2. The van der Waals surface area contributed by atoms with Crippen LogP contribution in [0.5, 0.6) is 0 Å². The van der Waals surface area contributed by atoms with Gasteiger partial charge >= 0.3 is 0 Å². The molecule has 0 aliphatic heterocycles. The quantitative estimate of drug-likeness (QED) is 0.624. The summed E-state index contributed by atoms with van der Waals surface area (Å²) in [5.41, 5.74) is 1.26. The molecule has 0 radical (unpaired) electrons. The van der Waals surface area contributed by atoms with Crippen LogP contribution in [-0.4, -0.2) is 33.5 Å². The highest BCUT2D eigenvalue weighted by molar-refractivity contribution is 6.30. The van der Waals surface area contributed by atoms with Crippen LogP contribution >= 0.6 is 11.6 Å². The summed E-state index contributed by atoms with van der Waals surface area (Å²) in [4.78, 5) is 30.1. The van der Waals surface area contributed by atoms with Crippen LogP contribution in [0.3, 0.4) is 0 Å². The molecule has 140 valence electrons. The van der Waals surface area contributed by atoms with Crippen LogP contribution in [0.2, 0.25) is 5.02 Å². The maximum atomic E-state index is 12.3. The second kappa shape index (κ2) is 9.49. The molecule has 0 aliphatic carbocycles. The van der Waals surface area contributed by atoms with Crippen molar-refractivity contribution in [1.82, 2.24) is 9.97 Å². The number of nitrogens with zero attached hydrogens (tertiary/aromatic N) is 2. The van der Waals surface area contributed by atoms with Crippen molar-refractivity contribution in [3.8, 4) is 0 Å². The molecule has 2 aromatic carbocycles. The van der Waals surface area contributed by atoms with E-state index in [1.165, 1.54) is 0 Å². The molecule has 1 amide bonds. The average Bonchev–Trinajstić information content (AvgIpc) is 2.62. The molecule has 0 aliphatic rings. The Morgan fingerprint density at radius 1 is 1.07 bits per heavy atom. The van der Waals surface area contributed by atoms with Crippen LogP contribution in [0.1, 0.15) is 24.2 Å². The Labute approximate surface area is 161 Å². The third-order valence-electron chi connectivity index (χ3n) is 3.28. The van der Waals surface area contributed by atoms with Crippen LogP contribution in [0, 0.1) is 0 Å². The van der Waals surface area contributed by atoms with Gasteiger partial charge in [-0.25, -0.2) is 4.98 Å². The molecule has 0 spiro atoms. The maximum absolute atomic E-state index is 12.3. The maximum Gasteiger partial charge on any atom is 0.300 e. The Balaban J connectivity index is 0.000000596. The van der Waals surface area contributed by atoms with E-state index in [-0.39, 0.29) is 11.9 Å². The van der Waals surface area contributed by atoms with Gasteiger partial charge in [-0.15, -0.1) is 0 Å². The minimum atomic E-state index is -0.833. The van der Waals surface area contributed by atoms with E-state index >= 15 is 0 Å². The highest BCUT2D eigenvalue weighted by atomic mass is 35.5. The number of rotatable bonds is 4. The van der Waals surface area contributed by atoms with E-state index in [0.717, 1.165) is 24.4 Å². The number of nitrogens with one attached hydrogen (secondary N) is 2. The van der Waals surface area contributed by atoms with Crippen molar-refractivity contribution in [2.45, 2.75) is 13.8 Å². The number of hydrogen-bond acceptors (Lipinski definition) is 5. The number of para-hydroxylation sites is 1. The number of carboxylic acids is 1. The fraction of sp³-hybridized carbons (Fsp3) is 0.158. The minimum absolute atomic E-state index is 0.264. The monoisotopic (exact) mass is 386 g/mol. The van der Waals surface area contributed by atoms with Crippen LogP contribution in [0.15, 0.2) is 48.5 Å². The van der Waals surface area contributed by atoms with Crippen molar-refractivity contribution >= 4 is 46.1 Å². The summed E-state index contributed by atoms with van der Waals surface area (Å²) in [7, 11) is 0. The summed E-state index contributed by atoms with van der Waals surface area (Å²) in [5, 5.41) is 14.8. The summed E-state index contributed by atoms with van der Waals surface area (Å²) in [6, 6.07) is 14.3. The number of benzene rings is 2. The van der Waals surface area contributed by atoms with Gasteiger partial charge in [-0.05, 0) is 43.3 Å². The molecule has 1 heterocycles. The summed E-state index contributed by atoms with van der Waals surface area (Å²) < 4.78 is 0. The zero-order valence-corrected chi connectivity index (χ0v) is 15.6. The zero-order valence-electron chi connectivity index (χ0n) is 14.9. The van der Waals surface area contributed by atoms with Gasteiger partial charge in [0.1, 0.15) is 5.82 Å². The lowest BCUT2D eigenvalue weighted by molar-refractivity contribution is -0.134. The first-order chi connectivity index (χ1) is 12.9. The Kier molecular flexibility index (Phi) is 7.08. The van der Waals surface area contributed by atoms with Gasteiger partial charge < -0.3 is 10.4 Å². The molecular formula is C19H19ClN4O3. The molecule has 0 bridgehead atoms. The predicted octanol–water partition coefficient (Wildman–Crippen LogP) is 4.06. The fourth-order valence-corrected chi connectivity index (χ4v) is 2.34. The lowest BCUT2D eigenvalue weighted by Crippen LogP contribution is -2.15. The van der Waals surface area contributed by atoms with Crippen LogP contribution in [0.4, 0.5) is 11.8 Å². The molecule has 7 nitrogen and oxygen atoms in total. The summed E-state index contributed by atoms with van der Waals surface area (Å²) in [5.74, 6) is -0.150. The molecule has 8 heteroatoms. The smallest absolute Gasteiger partial charge is 0.300 e. The Morgan fingerprint density at radius 3 is 2.33 bits per heavy atom. The fourth-order valence-electron chi connectivity index (χ4n) is 2.21. The standard InChI is InChI=1S/C17H15ClN4O.C2H4O2/c1-2-19-15-13-5-3-4-6-14(13)20-17(21-15)22-16(23)11-7-9-12(18)10-8-11;1-2(3)4/h3-10H,2H2,1H3,(H2,19,20,21,22,23);1H3,(H,3,4). The van der Waals surface area contributed by atoms with Gasteiger partial charge in [0.2, 0.25) is 5.95 Å². The minimum Gasteiger partial charge on any atom is -0.481 e. The van der Waals surface area contributed by atoms with Gasteiger partial charge in [0.15, 0.2) is 0 Å². The number of carboxylic acid groups (broad SMARTS) is 1. The Hall–Kier alpha value is -3.19. The van der Waals surface area contributed by atoms with Gasteiger partial charge in [0.25, 0.3) is 11.9 Å². The molecule has 0 atom stereocenters. The zero-order chi connectivity index (χ0) is 19.8. The molecule has 0 unspecified atom stereocenters. The summed E-state index contributed by atoms with van der Waals surface area (Å²) >= 11 is 5.83. The number of hydrogen-bond donors (Lipinski definition) is 3. The summed E-state index contributed by atoms with van der Waals surface area (Å²) in [6.07, 6.45) is 0. The van der Waals surface area contributed by atoms with Gasteiger partial charge in [-0.2, -0.15) is 4.98 Å². The first-order valence-corrected chi connectivity index (χ1v) is 8.55. The van der Waals surface area contributed by atoms with Crippen molar-refractivity contribution in [3.05, 3.63) is 59.1 Å². The van der Waals surface area contributed by atoms with E-state index in [2.05, 4.69) is 20.6 Å². The van der Waals surface area contributed by atoms with Crippen molar-refractivity contribution in [1.29, 1.82) is 0 Å². The second-order valence-electron chi connectivity index (χ2n) is 5.42. The normalized spacial score (nSPS) is 9.89. The van der Waals surface area contributed by atoms with E-state index in [1.807, 2.05) is 31.2 Å². The first kappa shape index (κ1) is 20.1. The van der Waals surface area contributed by atoms with E-state index in [9.17, 15) is 4.79 Å². The van der Waals surface area contributed by atoms with Crippen molar-refractivity contribution in [2.24, 2.45) is 0 Å². The molecule has 0 saturated heterocycles. The molecule has 3 N–H and O–H groups in total. The third kappa shape index (κ3) is 5.93. The number of carbonyl (C=O) groups excluding carboxylic acids is 1. The third-order valence-corrected chi connectivity index (χ3v) is 3.53. The molecule has 3 rings (SSSR count). The first-order valence-electron chi connectivity index (χ1n) is 8.17. The van der Waals surface area contributed by atoms with Crippen molar-refractivity contribution in [2.75, 3.05) is 17.2 Å². The van der Waals surface area contributed by atoms with E-state index < -0.39 is 5.97 Å². The van der Waals surface area contributed by atoms with Crippen LogP contribution in [-0.2, 0) is 4.79 Å². The molecule has 0 saturated carbocycles. The van der Waals surface area contributed by atoms with Crippen molar-refractivity contribution < 1.29 is 14.7 Å². The molecule has 0 fully saturated rings. The number of aliphatic carboxylic acids is 1. The van der Waals surface area contributed by atoms with Gasteiger partial charge in [0.05, 0.1) is 5.52 Å². The SMILES string of the molecule is CC(=O)O.CCNc1nc(NC(=O)c2ccc(Cl)cc2)nc2ccccc12. The Morgan fingerprint density at radius 2 is 1.70 bits per heavy atom. The van der Waals surface area contributed by atoms with Gasteiger partial charge in [-0.3, -0.25) is 14.9 Å². The highest BCUT2D eigenvalue weighted by Crippen LogP contribution is 2.22. The van der Waals surface area contributed by atoms with E-state index in [1.54, 1.807) is 24.3 Å². The van der Waals surface area contributed by atoms with Crippen LogP contribution < -0.4 is 10.6 Å². The molecule has 27 heavy (non-hydrogen) atoms. The van der Waals surface area contributed by atoms with Gasteiger partial charge in [-0.1, -0.05) is 23.7 Å². The topological polar surface area (TPSA) is 104 Å². The lowest BCUT2D eigenvalue weighted by atomic mass is 10.2. The van der Waals surface area contributed by atoms with Crippen LogP contribution in [0.25, 0.3) is 10.9 Å². The van der Waals surface area contributed by atoms with Crippen molar-refractivity contribution in [3.63, 3.8) is 0 Å². The molecule has 1 aromatic heterocycles. The highest BCUT2D eigenvalue weighted by Gasteiger charge is 2.11. The van der Waals surface area contributed by atoms with Gasteiger partial charge in [0, 0.05) is 29.4 Å². The number of halogens is 1. The number of fused-ring (bicyclic) bond motifs is 1. The largest absolute Gasteiger partial charge is 0.481 e. The van der Waals surface area contributed by atoms with E-state index in [4.69, 9.17) is 21.5 Å². The molecule has 3 aromatic rings. The second-order valence-corrected chi connectivity index (χ2v) is 5.86. The number of aromatic nitrogens is 2. The predicted molar refractivity (Wildman–Crippen MR) is 106 cm³/mol. The lowest BCUT2D eigenvalue weighted by Gasteiger charge is -2.10. The Bertz CT molecular complexity index is 941. The van der Waals surface area contributed by atoms with E-state index in [0.29, 0.717) is 16.4 Å². The molecular weight excluding hydrogens is 368 g/mol. The summed E-state index contributed by atoms with van der Waals surface area (Å²) in [6.45, 7) is 3.80. The number of carbonyl (C=O) groups is 2. The number of amides is 1. The average molecular weight is 387 g/mol.